The number of hydrogen-bond donors (Lipinski definition) is 2. The van der Waals surface area contributed by atoms with E-state index >= 15 is 0 Å². The third-order valence-corrected chi connectivity index (χ3v) is 6.16. The van der Waals surface area contributed by atoms with Crippen molar-refractivity contribution in [1.29, 1.82) is 0 Å². The summed E-state index contributed by atoms with van der Waals surface area (Å²) in [4.78, 5) is 29.3. The van der Waals surface area contributed by atoms with E-state index in [1.165, 1.54) is 25.3 Å². The molecule has 1 heterocycles. The number of methoxy groups -OCH3 is 1. The Morgan fingerprint density at radius 3 is 2.43 bits per heavy atom. The molecule has 0 unspecified atom stereocenters. The number of hydrogen-bond acceptors (Lipinski definition) is 4. The molecule has 0 saturated heterocycles. The highest BCUT2D eigenvalue weighted by atomic mass is 35.5. The molecule has 0 aliphatic carbocycles. The zero-order valence-electron chi connectivity index (χ0n) is 18.4. The molecule has 1 aromatic heterocycles. The molecule has 0 spiro atoms. The zero-order chi connectivity index (χ0) is 25.1. The van der Waals surface area contributed by atoms with Gasteiger partial charge >= 0.3 is 5.97 Å². The van der Waals surface area contributed by atoms with E-state index in [9.17, 15) is 19.1 Å². The first kappa shape index (κ1) is 24.4. The summed E-state index contributed by atoms with van der Waals surface area (Å²) in [6, 6.07) is 14.9. The third-order valence-electron chi connectivity index (χ3n) is 5.53. The average Bonchev–Trinajstić information content (AvgIpc) is 2.83. The van der Waals surface area contributed by atoms with Crippen molar-refractivity contribution in [2.45, 2.75) is 12.5 Å². The van der Waals surface area contributed by atoms with Gasteiger partial charge in [-0.3, -0.25) is 9.78 Å². The van der Waals surface area contributed by atoms with Crippen LogP contribution in [0.25, 0.3) is 22.0 Å². The van der Waals surface area contributed by atoms with Crippen LogP contribution in [0.3, 0.4) is 0 Å². The average molecular weight is 513 g/mol. The topological polar surface area (TPSA) is 88.5 Å². The van der Waals surface area contributed by atoms with E-state index < -0.39 is 23.7 Å². The Hall–Kier alpha value is -3.68. The van der Waals surface area contributed by atoms with Gasteiger partial charge in [-0.05, 0) is 35.4 Å². The van der Waals surface area contributed by atoms with Crippen LogP contribution < -0.4 is 10.1 Å². The van der Waals surface area contributed by atoms with Crippen LogP contribution in [0.1, 0.15) is 15.9 Å². The maximum atomic E-state index is 14.3. The second-order valence-corrected chi connectivity index (χ2v) is 8.47. The van der Waals surface area contributed by atoms with Gasteiger partial charge in [-0.25, -0.2) is 9.18 Å². The van der Waals surface area contributed by atoms with Crippen molar-refractivity contribution < 1.29 is 23.8 Å². The van der Waals surface area contributed by atoms with Crippen LogP contribution in [0.2, 0.25) is 10.0 Å². The monoisotopic (exact) mass is 512 g/mol. The highest BCUT2D eigenvalue weighted by molar-refractivity contribution is 6.39. The summed E-state index contributed by atoms with van der Waals surface area (Å²) < 4.78 is 19.6. The lowest BCUT2D eigenvalue weighted by Gasteiger charge is -2.18. The minimum absolute atomic E-state index is 0.00128. The van der Waals surface area contributed by atoms with Crippen molar-refractivity contribution in [1.82, 2.24) is 10.3 Å². The summed E-state index contributed by atoms with van der Waals surface area (Å²) in [6.07, 6.45) is 1.52. The Bertz CT molecular complexity index is 1420. The van der Waals surface area contributed by atoms with Gasteiger partial charge in [0.05, 0.1) is 28.2 Å². The Morgan fingerprint density at radius 2 is 1.74 bits per heavy atom. The molecule has 4 rings (SSSR count). The number of para-hydroxylation sites is 1. The number of nitrogens with zero attached hydrogens (tertiary/aromatic N) is 1. The highest BCUT2D eigenvalue weighted by Gasteiger charge is 2.25. The quantitative estimate of drug-likeness (QED) is 0.327. The van der Waals surface area contributed by atoms with E-state index in [1.54, 1.807) is 42.6 Å². The van der Waals surface area contributed by atoms with E-state index in [-0.39, 0.29) is 27.8 Å². The molecule has 4 aromatic rings. The molecule has 6 nitrogen and oxygen atoms in total. The Morgan fingerprint density at radius 1 is 1.03 bits per heavy atom. The lowest BCUT2D eigenvalue weighted by atomic mass is 9.94. The number of carboxylic acids is 1. The number of aliphatic carboxylic acids is 1. The zero-order valence-corrected chi connectivity index (χ0v) is 19.9. The first-order valence-corrected chi connectivity index (χ1v) is 11.2. The maximum Gasteiger partial charge on any atom is 0.326 e. The van der Waals surface area contributed by atoms with E-state index in [0.717, 1.165) is 0 Å². The molecule has 0 saturated carbocycles. The van der Waals surface area contributed by atoms with Gasteiger partial charge in [-0.2, -0.15) is 0 Å². The molecule has 0 radical (unpaired) electrons. The number of benzene rings is 3. The predicted molar refractivity (Wildman–Crippen MR) is 133 cm³/mol. The SMILES string of the molecule is COc1c(F)cccc1-c1ccc(C[C@H](NC(=O)c2c(Cl)cccc2Cl)C(=O)O)c2ncccc12. The fourth-order valence-corrected chi connectivity index (χ4v) is 4.49. The number of rotatable bonds is 7. The van der Waals surface area contributed by atoms with E-state index in [0.29, 0.717) is 27.6 Å². The second-order valence-electron chi connectivity index (χ2n) is 7.66. The molecule has 0 aliphatic heterocycles. The van der Waals surface area contributed by atoms with Crippen molar-refractivity contribution in [2.75, 3.05) is 7.11 Å². The number of ether oxygens (including phenoxy) is 1. The number of carbonyl (C=O) groups is 2. The van der Waals surface area contributed by atoms with Crippen LogP contribution in [-0.2, 0) is 11.2 Å². The molecule has 35 heavy (non-hydrogen) atoms. The van der Waals surface area contributed by atoms with E-state index in [1.807, 2.05) is 6.07 Å². The molecule has 1 amide bonds. The van der Waals surface area contributed by atoms with Gasteiger partial charge in [0.2, 0.25) is 0 Å². The van der Waals surface area contributed by atoms with Crippen molar-refractivity contribution in [3.05, 3.63) is 93.8 Å². The fourth-order valence-electron chi connectivity index (χ4n) is 3.92. The van der Waals surface area contributed by atoms with Gasteiger partial charge in [-0.1, -0.05) is 59.6 Å². The first-order valence-electron chi connectivity index (χ1n) is 10.5. The lowest BCUT2D eigenvalue weighted by molar-refractivity contribution is -0.139. The minimum atomic E-state index is -1.28. The molecule has 0 aliphatic rings. The number of nitrogens with one attached hydrogen (secondary N) is 1. The number of aromatic nitrogens is 1. The van der Waals surface area contributed by atoms with Gasteiger partial charge in [0.15, 0.2) is 11.6 Å². The largest absolute Gasteiger partial charge is 0.493 e. The standard InChI is InChI=1S/C26H19Cl2FN2O4/c1-35-24-17(5-2-9-20(24)29)15-11-10-14(23-16(15)6-4-12-30-23)13-21(26(33)34)31-25(32)22-18(27)7-3-8-19(22)28/h2-12,21H,13H2,1H3,(H,31,32)(H,33,34)/t21-/m0/s1. The van der Waals surface area contributed by atoms with Crippen LogP contribution in [0.15, 0.2) is 66.9 Å². The van der Waals surface area contributed by atoms with Crippen LogP contribution in [0.4, 0.5) is 4.39 Å². The first-order chi connectivity index (χ1) is 16.8. The molecular formula is C26H19Cl2FN2O4. The fraction of sp³-hybridized carbons (Fsp3) is 0.115. The molecular weight excluding hydrogens is 494 g/mol. The number of carbonyl (C=O) groups excluding carboxylic acids is 1. The summed E-state index contributed by atoms with van der Waals surface area (Å²) >= 11 is 12.2. The molecule has 178 valence electrons. The minimum Gasteiger partial charge on any atom is -0.493 e. The van der Waals surface area contributed by atoms with Crippen molar-refractivity contribution in [3.8, 4) is 16.9 Å². The molecule has 9 heteroatoms. The summed E-state index contributed by atoms with van der Waals surface area (Å²) in [6.45, 7) is 0. The third kappa shape index (κ3) is 4.92. The number of fused-ring (bicyclic) bond motifs is 1. The van der Waals surface area contributed by atoms with Gasteiger partial charge in [0.25, 0.3) is 5.91 Å². The summed E-state index contributed by atoms with van der Waals surface area (Å²) in [5.74, 6) is -2.34. The Balaban J connectivity index is 1.72. The molecule has 0 fully saturated rings. The summed E-state index contributed by atoms with van der Waals surface area (Å²) in [7, 11) is 1.39. The van der Waals surface area contributed by atoms with Crippen molar-refractivity contribution >= 4 is 46.0 Å². The van der Waals surface area contributed by atoms with Gasteiger partial charge in [-0.15, -0.1) is 0 Å². The molecule has 3 aromatic carbocycles. The predicted octanol–water partition coefficient (Wildman–Crippen LogP) is 5.78. The summed E-state index contributed by atoms with van der Waals surface area (Å²) in [5, 5.41) is 13.2. The molecule has 1 atom stereocenters. The van der Waals surface area contributed by atoms with Crippen LogP contribution in [0.5, 0.6) is 5.75 Å². The van der Waals surface area contributed by atoms with E-state index in [4.69, 9.17) is 27.9 Å². The number of halogens is 3. The van der Waals surface area contributed by atoms with Crippen molar-refractivity contribution in [2.24, 2.45) is 0 Å². The van der Waals surface area contributed by atoms with Gasteiger partial charge < -0.3 is 15.2 Å². The smallest absolute Gasteiger partial charge is 0.326 e. The number of carboxylic acid groups (broad SMARTS) is 1. The molecule has 2 N–H and O–H groups in total. The van der Waals surface area contributed by atoms with E-state index in [2.05, 4.69) is 10.3 Å². The van der Waals surface area contributed by atoms with Crippen LogP contribution in [-0.4, -0.2) is 35.1 Å². The highest BCUT2D eigenvalue weighted by Crippen LogP contribution is 2.37. The van der Waals surface area contributed by atoms with Crippen LogP contribution >= 0.6 is 23.2 Å². The second kappa shape index (κ2) is 10.3. The van der Waals surface area contributed by atoms with Crippen molar-refractivity contribution in [3.63, 3.8) is 0 Å². The van der Waals surface area contributed by atoms with Gasteiger partial charge in [0, 0.05) is 23.6 Å². The lowest BCUT2D eigenvalue weighted by Crippen LogP contribution is -2.42. The Labute approximate surface area is 210 Å². The number of amides is 1. The van der Waals surface area contributed by atoms with Gasteiger partial charge in [0.1, 0.15) is 6.04 Å². The normalized spacial score (nSPS) is 11.8. The summed E-state index contributed by atoms with van der Waals surface area (Å²) in [5.41, 5.74) is 2.31. The van der Waals surface area contributed by atoms with Crippen LogP contribution in [0, 0.1) is 5.82 Å². The molecule has 0 bridgehead atoms. The maximum absolute atomic E-state index is 14.3. The number of pyridine rings is 1. The Kier molecular flexibility index (Phi) is 7.19.